The van der Waals surface area contributed by atoms with E-state index in [1.54, 1.807) is 31.2 Å². The first kappa shape index (κ1) is 22.2. The molecule has 1 fully saturated rings. The fourth-order valence-corrected chi connectivity index (χ4v) is 5.39. The fraction of sp³-hybridized carbons (Fsp3) is 0.348. The largest absolute Gasteiger partial charge is 0.461 e. The first-order valence-corrected chi connectivity index (χ1v) is 12.1. The van der Waals surface area contributed by atoms with Crippen LogP contribution in [0.4, 0.5) is 5.82 Å². The summed E-state index contributed by atoms with van der Waals surface area (Å²) in [7, 11) is -3.60. The van der Waals surface area contributed by atoms with E-state index >= 15 is 0 Å². The topological polar surface area (TPSA) is 92.7 Å². The number of anilines is 1. The quantitative estimate of drug-likeness (QED) is 0.547. The van der Waals surface area contributed by atoms with Crippen LogP contribution in [0.5, 0.6) is 0 Å². The van der Waals surface area contributed by atoms with E-state index in [9.17, 15) is 13.2 Å². The normalized spacial score (nSPS) is 15.5. The molecule has 0 N–H and O–H groups in total. The molecule has 0 spiro atoms. The molecule has 168 valence electrons. The predicted molar refractivity (Wildman–Crippen MR) is 122 cm³/mol. The molecule has 8 nitrogen and oxygen atoms in total. The van der Waals surface area contributed by atoms with Crippen LogP contribution >= 0.6 is 0 Å². The van der Waals surface area contributed by atoms with Crippen molar-refractivity contribution in [2.45, 2.75) is 25.2 Å². The molecule has 0 aliphatic carbocycles. The molecule has 0 unspecified atom stereocenters. The third-order valence-electron chi connectivity index (χ3n) is 5.40. The number of nitrogens with zero attached hydrogens (tertiary/aromatic N) is 4. The standard InChI is InChI=1S/C23H26N4O4S/c1-3-31-23(28)21-22(25-20-11-5-4-10-19(20)24-21)26-12-7-13-27(15-14-26)32(29,30)18-9-6-8-17(2)16-18/h4-6,8-11,16H,3,7,12-15H2,1-2H3. The van der Waals surface area contributed by atoms with Gasteiger partial charge in [0.25, 0.3) is 0 Å². The number of benzene rings is 2. The van der Waals surface area contributed by atoms with Crippen molar-refractivity contribution in [1.82, 2.24) is 14.3 Å². The molecule has 0 amide bonds. The van der Waals surface area contributed by atoms with E-state index in [1.807, 2.05) is 36.1 Å². The minimum atomic E-state index is -3.60. The zero-order valence-corrected chi connectivity index (χ0v) is 19.0. The Bertz CT molecular complexity index is 1250. The highest BCUT2D eigenvalue weighted by molar-refractivity contribution is 7.89. The molecule has 2 aromatic carbocycles. The van der Waals surface area contributed by atoms with E-state index in [0.29, 0.717) is 47.8 Å². The third kappa shape index (κ3) is 4.44. The van der Waals surface area contributed by atoms with E-state index in [2.05, 4.69) is 4.98 Å². The van der Waals surface area contributed by atoms with Crippen LogP contribution in [-0.2, 0) is 14.8 Å². The lowest BCUT2D eigenvalue weighted by Gasteiger charge is -2.24. The van der Waals surface area contributed by atoms with Gasteiger partial charge in [0, 0.05) is 26.2 Å². The van der Waals surface area contributed by atoms with Gasteiger partial charge in [-0.25, -0.2) is 23.2 Å². The van der Waals surface area contributed by atoms with Gasteiger partial charge >= 0.3 is 5.97 Å². The van der Waals surface area contributed by atoms with Gasteiger partial charge in [0.05, 0.1) is 22.5 Å². The van der Waals surface area contributed by atoms with Crippen LogP contribution in [0.3, 0.4) is 0 Å². The zero-order chi connectivity index (χ0) is 22.7. The van der Waals surface area contributed by atoms with Gasteiger partial charge in [-0.3, -0.25) is 0 Å². The number of carbonyl (C=O) groups is 1. The van der Waals surface area contributed by atoms with Crippen molar-refractivity contribution in [2.75, 3.05) is 37.7 Å². The first-order chi connectivity index (χ1) is 15.4. The molecule has 2 heterocycles. The number of aryl methyl sites for hydroxylation is 1. The molecule has 3 aromatic rings. The Balaban J connectivity index is 1.64. The Morgan fingerprint density at radius 1 is 1.00 bits per heavy atom. The van der Waals surface area contributed by atoms with Gasteiger partial charge < -0.3 is 9.64 Å². The number of aromatic nitrogens is 2. The van der Waals surface area contributed by atoms with Crippen LogP contribution in [0.2, 0.25) is 0 Å². The Hall–Kier alpha value is -3.04. The Labute approximate surface area is 187 Å². The van der Waals surface area contributed by atoms with Crippen LogP contribution in [0.15, 0.2) is 53.4 Å². The third-order valence-corrected chi connectivity index (χ3v) is 7.30. The number of sulfonamides is 1. The summed E-state index contributed by atoms with van der Waals surface area (Å²) >= 11 is 0. The van der Waals surface area contributed by atoms with Gasteiger partial charge in [0.15, 0.2) is 11.5 Å². The minimum absolute atomic E-state index is 0.153. The van der Waals surface area contributed by atoms with Crippen molar-refractivity contribution < 1.29 is 17.9 Å². The highest BCUT2D eigenvalue weighted by Gasteiger charge is 2.29. The number of para-hydroxylation sites is 2. The van der Waals surface area contributed by atoms with Gasteiger partial charge in [0.1, 0.15) is 0 Å². The molecule has 1 saturated heterocycles. The van der Waals surface area contributed by atoms with Crippen LogP contribution in [0.25, 0.3) is 11.0 Å². The van der Waals surface area contributed by atoms with Crippen molar-refractivity contribution in [3.8, 4) is 0 Å². The summed E-state index contributed by atoms with van der Waals surface area (Å²) in [5, 5.41) is 0. The smallest absolute Gasteiger partial charge is 0.360 e. The van der Waals surface area contributed by atoms with E-state index in [1.165, 1.54) is 4.31 Å². The molecular weight excluding hydrogens is 428 g/mol. The fourth-order valence-electron chi connectivity index (χ4n) is 3.82. The number of hydrogen-bond donors (Lipinski definition) is 0. The zero-order valence-electron chi connectivity index (χ0n) is 18.2. The van der Waals surface area contributed by atoms with Crippen molar-refractivity contribution in [1.29, 1.82) is 0 Å². The summed E-state index contributed by atoms with van der Waals surface area (Å²) in [6.07, 6.45) is 0.599. The van der Waals surface area contributed by atoms with E-state index < -0.39 is 16.0 Å². The van der Waals surface area contributed by atoms with Crippen molar-refractivity contribution in [3.63, 3.8) is 0 Å². The number of hydrogen-bond acceptors (Lipinski definition) is 7. The second-order valence-electron chi connectivity index (χ2n) is 7.67. The molecule has 0 saturated carbocycles. The number of ether oxygens (including phenoxy) is 1. The van der Waals surface area contributed by atoms with Gasteiger partial charge in [0.2, 0.25) is 10.0 Å². The van der Waals surface area contributed by atoms with E-state index in [0.717, 1.165) is 5.56 Å². The number of rotatable bonds is 5. The summed E-state index contributed by atoms with van der Waals surface area (Å²) in [4.78, 5) is 24.1. The number of fused-ring (bicyclic) bond motifs is 1. The van der Waals surface area contributed by atoms with E-state index in [-0.39, 0.29) is 18.8 Å². The average Bonchev–Trinajstić information content (AvgIpc) is 3.05. The second-order valence-corrected chi connectivity index (χ2v) is 9.60. The summed E-state index contributed by atoms with van der Waals surface area (Å²) in [6.45, 7) is 5.47. The maximum atomic E-state index is 13.2. The number of carbonyl (C=O) groups excluding carboxylic acids is 1. The lowest BCUT2D eigenvalue weighted by Crippen LogP contribution is -2.36. The maximum Gasteiger partial charge on any atom is 0.360 e. The maximum absolute atomic E-state index is 13.2. The summed E-state index contributed by atoms with van der Waals surface area (Å²) < 4.78 is 33.1. The van der Waals surface area contributed by atoms with Gasteiger partial charge in [-0.15, -0.1) is 0 Å². The van der Waals surface area contributed by atoms with Gasteiger partial charge in [-0.1, -0.05) is 24.3 Å². The van der Waals surface area contributed by atoms with Crippen molar-refractivity contribution in [3.05, 3.63) is 59.8 Å². The average molecular weight is 455 g/mol. The van der Waals surface area contributed by atoms with Gasteiger partial charge in [-0.05, 0) is 50.1 Å². The van der Waals surface area contributed by atoms with Crippen LogP contribution in [0, 0.1) is 6.92 Å². The second kappa shape index (κ2) is 9.22. The SMILES string of the molecule is CCOC(=O)c1nc2ccccc2nc1N1CCCN(S(=O)(=O)c2cccc(C)c2)CC1. The van der Waals surface area contributed by atoms with Crippen LogP contribution in [0.1, 0.15) is 29.4 Å². The first-order valence-electron chi connectivity index (χ1n) is 10.7. The molecule has 0 radical (unpaired) electrons. The Morgan fingerprint density at radius 2 is 1.75 bits per heavy atom. The number of esters is 1. The van der Waals surface area contributed by atoms with Crippen LogP contribution < -0.4 is 4.90 Å². The van der Waals surface area contributed by atoms with E-state index in [4.69, 9.17) is 9.72 Å². The molecule has 1 aliphatic rings. The molecule has 9 heteroatoms. The highest BCUT2D eigenvalue weighted by Crippen LogP contribution is 2.25. The summed E-state index contributed by atoms with van der Waals surface area (Å²) in [5.74, 6) is -0.105. The summed E-state index contributed by atoms with van der Waals surface area (Å²) in [6, 6.07) is 14.3. The molecule has 1 aliphatic heterocycles. The lowest BCUT2D eigenvalue weighted by atomic mass is 10.2. The minimum Gasteiger partial charge on any atom is -0.461 e. The van der Waals surface area contributed by atoms with Crippen LogP contribution in [-0.4, -0.2) is 61.4 Å². The highest BCUT2D eigenvalue weighted by atomic mass is 32.2. The van der Waals surface area contributed by atoms with Crippen molar-refractivity contribution in [2.24, 2.45) is 0 Å². The molecular formula is C23H26N4O4S. The Morgan fingerprint density at radius 3 is 2.47 bits per heavy atom. The molecule has 0 bridgehead atoms. The summed E-state index contributed by atoms with van der Waals surface area (Å²) in [5.41, 5.74) is 2.33. The van der Waals surface area contributed by atoms with Crippen molar-refractivity contribution >= 4 is 32.8 Å². The Kier molecular flexibility index (Phi) is 6.38. The van der Waals surface area contributed by atoms with Gasteiger partial charge in [-0.2, -0.15) is 4.31 Å². The molecule has 1 aromatic heterocycles. The predicted octanol–water partition coefficient (Wildman–Crippen LogP) is 3.02. The lowest BCUT2D eigenvalue weighted by molar-refractivity contribution is 0.0520. The molecule has 0 atom stereocenters. The monoisotopic (exact) mass is 454 g/mol. The molecule has 4 rings (SSSR count). The molecule has 32 heavy (non-hydrogen) atoms.